The van der Waals surface area contributed by atoms with Gasteiger partial charge < -0.3 is 30.7 Å². The summed E-state index contributed by atoms with van der Waals surface area (Å²) in [6.45, 7) is 6.53. The number of ether oxygens (including phenoxy) is 2. The van der Waals surface area contributed by atoms with Gasteiger partial charge in [0.25, 0.3) is 11.8 Å². The van der Waals surface area contributed by atoms with Crippen molar-refractivity contribution in [2.45, 2.75) is 84.0 Å². The maximum Gasteiger partial charge on any atom is 0.533 e. The third-order valence-corrected chi connectivity index (χ3v) is 10.9. The van der Waals surface area contributed by atoms with Gasteiger partial charge in [0.2, 0.25) is 23.6 Å². The van der Waals surface area contributed by atoms with Gasteiger partial charge in [-0.1, -0.05) is 79.6 Å². The van der Waals surface area contributed by atoms with E-state index in [1.165, 1.54) is 29.2 Å². The third kappa shape index (κ3) is 12.2. The molecule has 2 aliphatic carbocycles. The first-order valence-electron chi connectivity index (χ1n) is 21.8. The third-order valence-electron chi connectivity index (χ3n) is 10.9. The number of anilines is 2. The zero-order chi connectivity index (χ0) is 46.5. The lowest BCUT2D eigenvalue weighted by molar-refractivity contribution is -0.177. The fraction of sp³-hybridized carbons (Fsp3) is 0.347. The Morgan fingerprint density at radius 1 is 0.585 bits per heavy atom. The van der Waals surface area contributed by atoms with Crippen molar-refractivity contribution in [1.29, 1.82) is 0 Å². The van der Waals surface area contributed by atoms with Gasteiger partial charge in [-0.3, -0.25) is 38.4 Å². The Kier molecular flexibility index (Phi) is 16.2. The van der Waals surface area contributed by atoms with Gasteiger partial charge in [0.15, 0.2) is 0 Å². The van der Waals surface area contributed by atoms with Gasteiger partial charge in [-0.2, -0.15) is 0 Å². The molecule has 6 amide bonds. The maximum absolute atomic E-state index is 12.7. The quantitative estimate of drug-likeness (QED) is 0.0488. The minimum absolute atomic E-state index is 0.0647. The van der Waals surface area contributed by atoms with Crippen molar-refractivity contribution in [2.24, 2.45) is 0 Å². The number of rotatable bonds is 17. The van der Waals surface area contributed by atoms with Crippen LogP contribution in [0.25, 0.3) is 22.3 Å². The van der Waals surface area contributed by atoms with Crippen LogP contribution in [0, 0.1) is 0 Å². The van der Waals surface area contributed by atoms with Gasteiger partial charge >= 0.3 is 12.1 Å². The highest BCUT2D eigenvalue weighted by Gasteiger charge is 2.35. The number of nitrogens with zero attached hydrogens (tertiary/aromatic N) is 1. The van der Waals surface area contributed by atoms with Gasteiger partial charge in [-0.05, 0) is 88.0 Å². The molecule has 1 fully saturated rings. The largest absolute Gasteiger partial charge is 0.533 e. The highest BCUT2D eigenvalue weighted by atomic mass is 16.8. The predicted molar refractivity (Wildman–Crippen MR) is 240 cm³/mol. The van der Waals surface area contributed by atoms with Crippen molar-refractivity contribution in [3.05, 3.63) is 107 Å². The van der Waals surface area contributed by atoms with Gasteiger partial charge in [0, 0.05) is 68.9 Å². The Labute approximate surface area is 376 Å². The van der Waals surface area contributed by atoms with Gasteiger partial charge in [-0.15, -0.1) is 0 Å². The zero-order valence-corrected chi connectivity index (χ0v) is 36.7. The van der Waals surface area contributed by atoms with Crippen LogP contribution in [-0.4, -0.2) is 78.9 Å². The summed E-state index contributed by atoms with van der Waals surface area (Å²) in [4.78, 5) is 101. The molecule has 1 aliphatic heterocycles. The Balaban J connectivity index is 0.000000320. The molecule has 3 aliphatic rings. The van der Waals surface area contributed by atoms with E-state index in [1.807, 2.05) is 44.2 Å². The molecule has 0 aromatic heterocycles. The number of hydroxylamine groups is 2. The fourth-order valence-corrected chi connectivity index (χ4v) is 7.91. The van der Waals surface area contributed by atoms with Crippen LogP contribution < -0.4 is 21.3 Å². The molecule has 0 radical (unpaired) electrons. The van der Waals surface area contributed by atoms with Crippen molar-refractivity contribution in [1.82, 2.24) is 15.7 Å². The summed E-state index contributed by atoms with van der Waals surface area (Å²) >= 11 is 0. The second kappa shape index (κ2) is 22.3. The number of carbonyl (C=O) groups excluding carboxylic acids is 8. The second-order valence-corrected chi connectivity index (χ2v) is 15.7. The van der Waals surface area contributed by atoms with Crippen LogP contribution in [0.5, 0.6) is 0 Å². The van der Waals surface area contributed by atoms with Gasteiger partial charge in [0.05, 0.1) is 0 Å². The molecular formula is C49H53N5O11. The summed E-state index contributed by atoms with van der Waals surface area (Å²) in [5.74, 6) is -3.20. The molecular weight excluding hydrogens is 835 g/mol. The molecule has 4 N–H and O–H groups in total. The Morgan fingerprint density at radius 3 is 1.62 bits per heavy atom. The second-order valence-electron chi connectivity index (χ2n) is 15.7. The molecule has 4 aromatic rings. The minimum atomic E-state index is -1.24. The number of amides is 6. The summed E-state index contributed by atoms with van der Waals surface area (Å²) in [7, 11) is 0. The first-order chi connectivity index (χ1) is 31.4. The average molecular weight is 888 g/mol. The molecule has 340 valence electrons. The summed E-state index contributed by atoms with van der Waals surface area (Å²) in [5, 5.41) is 11.4. The number of hydrogen-bond acceptors (Lipinski definition) is 11. The highest BCUT2D eigenvalue weighted by Crippen LogP contribution is 2.47. The summed E-state index contributed by atoms with van der Waals surface area (Å²) < 4.78 is 10.6. The maximum atomic E-state index is 12.7. The van der Waals surface area contributed by atoms with E-state index >= 15 is 0 Å². The van der Waals surface area contributed by atoms with Crippen LogP contribution in [0.1, 0.15) is 106 Å². The average Bonchev–Trinajstić information content (AvgIpc) is 3.90. The molecule has 0 spiro atoms. The molecule has 1 atom stereocenters. The molecule has 65 heavy (non-hydrogen) atoms. The summed E-state index contributed by atoms with van der Waals surface area (Å²) in [6, 6.07) is 27.2. The zero-order valence-electron chi connectivity index (χ0n) is 36.7. The first kappa shape index (κ1) is 47.1. The van der Waals surface area contributed by atoms with Gasteiger partial charge in [-0.25, -0.2) is 4.79 Å². The van der Waals surface area contributed by atoms with E-state index in [-0.39, 0.29) is 62.4 Å². The molecule has 16 nitrogen and oxygen atoms in total. The van der Waals surface area contributed by atoms with Crippen LogP contribution in [0.4, 0.5) is 16.2 Å². The monoisotopic (exact) mass is 887 g/mol. The summed E-state index contributed by atoms with van der Waals surface area (Å²) in [5.41, 5.74) is 8.91. The van der Waals surface area contributed by atoms with Crippen molar-refractivity contribution in [2.75, 3.05) is 36.9 Å². The first-order valence-corrected chi connectivity index (χ1v) is 21.8. The van der Waals surface area contributed by atoms with Crippen LogP contribution in [0.15, 0.2) is 84.9 Å². The Hall–Kier alpha value is -7.36. The number of esters is 1. The number of hydrogen-bond donors (Lipinski definition) is 4. The molecule has 1 heterocycles. The molecule has 1 unspecified atom stereocenters. The summed E-state index contributed by atoms with van der Waals surface area (Å²) in [6.07, 6.45) is 0.608. The topological polar surface area (TPSA) is 216 Å². The van der Waals surface area contributed by atoms with Crippen LogP contribution in [0.3, 0.4) is 0 Å². The molecule has 0 saturated carbocycles. The number of imide groups is 1. The van der Waals surface area contributed by atoms with Gasteiger partial charge in [0.1, 0.15) is 19.6 Å². The van der Waals surface area contributed by atoms with E-state index < -0.39 is 35.7 Å². The van der Waals surface area contributed by atoms with Crippen molar-refractivity contribution >= 4 is 58.9 Å². The minimum Gasteiger partial charge on any atom is -0.465 e. The Morgan fingerprint density at radius 2 is 1.06 bits per heavy atom. The molecule has 0 bridgehead atoms. The van der Waals surface area contributed by atoms with E-state index in [0.717, 1.165) is 24.0 Å². The standard InChI is InChI=1S/C33H39N5O9.C16H14O2/c1-3-14-34-27(39)6-5-7-28(40)36-20-8-10-22-23-11-9-21(37-30(42)18-29(41)35-15-4-2)17-25(23)26(24(22)16-20)19-46-33(45)47-38-31(43)12-13-32(38)44;1-11(17)18-10-16-14-8-4-2-6-12(14)13-7-3-5-9-15(13)16/h8-11,16-17,26H,3-7,12-15,18-19H2,1-2H3,(H,34,39)(H,35,41)(H,36,40)(H,37,42);2-9,16H,10H2,1H3. The highest BCUT2D eigenvalue weighted by molar-refractivity contribution is 6.04. The van der Waals surface area contributed by atoms with Crippen molar-refractivity contribution in [3.8, 4) is 22.3 Å². The normalized spacial score (nSPS) is 14.1. The lowest BCUT2D eigenvalue weighted by Crippen LogP contribution is -2.32. The number of nitrogens with one attached hydrogen (secondary N) is 4. The Bertz CT molecular complexity index is 2410. The molecule has 4 aromatic carbocycles. The number of carbonyl (C=O) groups is 8. The smallest absolute Gasteiger partial charge is 0.465 e. The number of benzene rings is 4. The van der Waals surface area contributed by atoms with Crippen LogP contribution in [0.2, 0.25) is 0 Å². The number of fused-ring (bicyclic) bond motifs is 6. The van der Waals surface area contributed by atoms with Crippen LogP contribution in [-0.2, 0) is 47.9 Å². The SMILES string of the molecule is CC(=O)OCC1c2ccccc2-c2ccccc21.CCCNC(=O)CCCC(=O)Nc1ccc2c(c1)C(COC(=O)ON1C(=O)CCC1=O)c1cc(NC(=O)CC(=O)NCCC)ccc1-2. The lowest BCUT2D eigenvalue weighted by Gasteiger charge is -2.17. The van der Waals surface area contributed by atoms with Crippen LogP contribution >= 0.6 is 0 Å². The molecule has 1 saturated heterocycles. The molecule has 16 heteroatoms. The lowest BCUT2D eigenvalue weighted by atomic mass is 9.97. The van der Waals surface area contributed by atoms with Crippen molar-refractivity contribution in [3.63, 3.8) is 0 Å². The fourth-order valence-electron chi connectivity index (χ4n) is 7.91. The van der Waals surface area contributed by atoms with E-state index in [4.69, 9.17) is 14.3 Å². The van der Waals surface area contributed by atoms with E-state index in [1.54, 1.807) is 30.3 Å². The predicted octanol–water partition coefficient (Wildman–Crippen LogP) is 6.87. The van der Waals surface area contributed by atoms with E-state index in [9.17, 15) is 38.4 Å². The molecule has 7 rings (SSSR count). The van der Waals surface area contributed by atoms with E-state index in [0.29, 0.717) is 53.7 Å². The van der Waals surface area contributed by atoms with E-state index in [2.05, 4.69) is 45.5 Å². The van der Waals surface area contributed by atoms with Crippen molar-refractivity contribution < 1.29 is 52.7 Å².